The van der Waals surface area contributed by atoms with Crippen LogP contribution in [0.5, 0.6) is 0 Å². The van der Waals surface area contributed by atoms with Crippen LogP contribution in [0.25, 0.3) is 0 Å². The molecule has 0 radical (unpaired) electrons. The van der Waals surface area contributed by atoms with Crippen LogP contribution in [-0.4, -0.2) is 98.0 Å². The van der Waals surface area contributed by atoms with Crippen molar-refractivity contribution in [3.8, 4) is 0 Å². The Balaban J connectivity index is 2.69. The van der Waals surface area contributed by atoms with E-state index in [2.05, 4.69) is 0 Å². The minimum atomic E-state index is -1.61. The van der Waals surface area contributed by atoms with Crippen LogP contribution in [0.1, 0.15) is 6.92 Å². The Morgan fingerprint density at radius 2 is 1.60 bits per heavy atom. The van der Waals surface area contributed by atoms with Gasteiger partial charge in [-0.2, -0.15) is 0 Å². The molecule has 1 fully saturated rings. The summed E-state index contributed by atoms with van der Waals surface area (Å²) in [7, 11) is 0. The van der Waals surface area contributed by atoms with E-state index in [0.29, 0.717) is 0 Å². The summed E-state index contributed by atoms with van der Waals surface area (Å²) >= 11 is 0. The fourth-order valence-electron chi connectivity index (χ4n) is 1.89. The smallest absolute Gasteiger partial charge is 0.187 e. The Morgan fingerprint density at radius 3 is 2.10 bits per heavy atom. The molecule has 120 valence electrons. The molecule has 0 aliphatic carbocycles. The molecule has 0 aromatic rings. The molecular weight excluding hydrogens is 276 g/mol. The van der Waals surface area contributed by atoms with Crippen LogP contribution in [-0.2, 0) is 9.47 Å². The lowest BCUT2D eigenvalue weighted by Crippen LogP contribution is -2.59. The third-order valence-electron chi connectivity index (χ3n) is 3.26. The van der Waals surface area contributed by atoms with Crippen molar-refractivity contribution in [3.63, 3.8) is 0 Å². The monoisotopic (exact) mass is 298 g/mol. The van der Waals surface area contributed by atoms with Crippen molar-refractivity contribution in [2.45, 2.75) is 55.9 Å². The summed E-state index contributed by atoms with van der Waals surface area (Å²) in [5, 5.41) is 65.6. The van der Waals surface area contributed by atoms with Crippen LogP contribution >= 0.6 is 0 Å². The minimum Gasteiger partial charge on any atom is -0.394 e. The number of aliphatic hydroxyl groups excluding tert-OH is 7. The normalized spacial score (nSPS) is 39.3. The highest BCUT2D eigenvalue weighted by Gasteiger charge is 2.44. The van der Waals surface area contributed by atoms with E-state index in [1.54, 1.807) is 0 Å². The zero-order valence-electron chi connectivity index (χ0n) is 11.0. The van der Waals surface area contributed by atoms with Gasteiger partial charge in [-0.05, 0) is 6.92 Å². The standard InChI is InChI=1S/C11H22O9/c1-4-7(15)9(17)10(18)11(19-4)20-6(3-13)8(16)5(14)2-12/h4-18H,2-3H2,1H3/t4-,5-,6+,7-,8-,9+,10+,11-/m0/s1. The lowest BCUT2D eigenvalue weighted by molar-refractivity contribution is -0.315. The van der Waals surface area contributed by atoms with Gasteiger partial charge >= 0.3 is 0 Å². The molecule has 1 heterocycles. The zero-order valence-corrected chi connectivity index (χ0v) is 11.0. The maximum atomic E-state index is 9.71. The van der Waals surface area contributed by atoms with Crippen LogP contribution in [0.15, 0.2) is 0 Å². The van der Waals surface area contributed by atoms with E-state index in [1.165, 1.54) is 6.92 Å². The maximum Gasteiger partial charge on any atom is 0.187 e. The number of hydrogen-bond acceptors (Lipinski definition) is 9. The van der Waals surface area contributed by atoms with Crippen LogP contribution in [0.2, 0.25) is 0 Å². The van der Waals surface area contributed by atoms with Crippen LogP contribution in [0, 0.1) is 0 Å². The second kappa shape index (κ2) is 7.59. The quantitative estimate of drug-likeness (QED) is 0.258. The average Bonchev–Trinajstić information content (AvgIpc) is 2.45. The van der Waals surface area contributed by atoms with E-state index < -0.39 is 62.2 Å². The summed E-state index contributed by atoms with van der Waals surface area (Å²) in [5.41, 5.74) is 0. The van der Waals surface area contributed by atoms with Gasteiger partial charge in [-0.1, -0.05) is 0 Å². The van der Waals surface area contributed by atoms with Gasteiger partial charge in [0.1, 0.15) is 36.6 Å². The maximum absolute atomic E-state index is 9.71. The first-order valence-electron chi connectivity index (χ1n) is 6.26. The Bertz CT molecular complexity index is 289. The van der Waals surface area contributed by atoms with Gasteiger partial charge in [0.15, 0.2) is 6.29 Å². The van der Waals surface area contributed by atoms with Crippen molar-refractivity contribution < 1.29 is 45.2 Å². The SMILES string of the molecule is C[C@@H]1O[C@@H](O[C@H](CO)[C@@H](O)[C@@H](O)CO)[C@H](O)[C@H](O)[C@H]1O. The molecule has 1 aliphatic rings. The van der Waals surface area contributed by atoms with Crippen molar-refractivity contribution in [3.05, 3.63) is 0 Å². The van der Waals surface area contributed by atoms with Crippen molar-refractivity contribution in [2.75, 3.05) is 13.2 Å². The van der Waals surface area contributed by atoms with Gasteiger partial charge in [-0.3, -0.25) is 0 Å². The molecule has 1 saturated heterocycles. The molecule has 8 atom stereocenters. The minimum absolute atomic E-state index is 0.710. The van der Waals surface area contributed by atoms with Crippen LogP contribution in [0.4, 0.5) is 0 Å². The second-order valence-electron chi connectivity index (χ2n) is 4.78. The van der Waals surface area contributed by atoms with E-state index in [0.717, 1.165) is 0 Å². The predicted molar refractivity (Wildman–Crippen MR) is 63.4 cm³/mol. The van der Waals surface area contributed by atoms with Gasteiger partial charge in [0.2, 0.25) is 0 Å². The fraction of sp³-hybridized carbons (Fsp3) is 1.00. The van der Waals surface area contributed by atoms with Gasteiger partial charge < -0.3 is 45.2 Å². The Kier molecular flexibility index (Phi) is 6.72. The molecule has 0 saturated carbocycles. The Labute approximate surface area is 115 Å². The van der Waals surface area contributed by atoms with E-state index in [1.807, 2.05) is 0 Å². The van der Waals surface area contributed by atoms with Crippen LogP contribution < -0.4 is 0 Å². The van der Waals surface area contributed by atoms with Gasteiger partial charge in [-0.25, -0.2) is 0 Å². The van der Waals surface area contributed by atoms with Crippen molar-refractivity contribution in [1.29, 1.82) is 0 Å². The number of hydrogen-bond donors (Lipinski definition) is 7. The summed E-state index contributed by atoms with van der Waals surface area (Å²) in [5.74, 6) is 0. The summed E-state index contributed by atoms with van der Waals surface area (Å²) in [6, 6.07) is 0. The summed E-state index contributed by atoms with van der Waals surface area (Å²) < 4.78 is 10.2. The molecule has 1 rings (SSSR count). The van der Waals surface area contributed by atoms with Crippen molar-refractivity contribution >= 4 is 0 Å². The lowest BCUT2D eigenvalue weighted by Gasteiger charge is -2.40. The second-order valence-corrected chi connectivity index (χ2v) is 4.78. The lowest BCUT2D eigenvalue weighted by atomic mass is 10.00. The van der Waals surface area contributed by atoms with Gasteiger partial charge in [0.05, 0.1) is 19.3 Å². The molecule has 9 heteroatoms. The van der Waals surface area contributed by atoms with Gasteiger partial charge in [0, 0.05) is 0 Å². The summed E-state index contributed by atoms with van der Waals surface area (Å²) in [4.78, 5) is 0. The van der Waals surface area contributed by atoms with Gasteiger partial charge in [-0.15, -0.1) is 0 Å². The molecule has 9 nitrogen and oxygen atoms in total. The molecule has 7 N–H and O–H groups in total. The molecule has 0 bridgehead atoms. The fourth-order valence-corrected chi connectivity index (χ4v) is 1.89. The first-order valence-corrected chi connectivity index (χ1v) is 6.26. The van der Waals surface area contributed by atoms with E-state index in [-0.39, 0.29) is 0 Å². The summed E-state index contributed by atoms with van der Waals surface area (Å²) in [6.45, 7) is -0.00619. The first-order chi connectivity index (χ1) is 9.33. The highest BCUT2D eigenvalue weighted by molar-refractivity contribution is 4.88. The van der Waals surface area contributed by atoms with Crippen molar-refractivity contribution in [1.82, 2.24) is 0 Å². The molecule has 0 amide bonds. The molecular formula is C11H22O9. The molecule has 20 heavy (non-hydrogen) atoms. The molecule has 0 unspecified atom stereocenters. The Hall–Kier alpha value is -0.360. The van der Waals surface area contributed by atoms with E-state index >= 15 is 0 Å². The average molecular weight is 298 g/mol. The molecule has 1 aliphatic heterocycles. The molecule has 0 spiro atoms. The Morgan fingerprint density at radius 1 is 1.00 bits per heavy atom. The largest absolute Gasteiger partial charge is 0.394 e. The van der Waals surface area contributed by atoms with Gasteiger partial charge in [0.25, 0.3) is 0 Å². The summed E-state index contributed by atoms with van der Waals surface area (Å²) in [6.07, 6.45) is -11.1. The number of ether oxygens (including phenoxy) is 2. The molecule has 0 aromatic heterocycles. The topological polar surface area (TPSA) is 160 Å². The van der Waals surface area contributed by atoms with Crippen molar-refractivity contribution in [2.24, 2.45) is 0 Å². The van der Waals surface area contributed by atoms with Crippen LogP contribution in [0.3, 0.4) is 0 Å². The highest BCUT2D eigenvalue weighted by Crippen LogP contribution is 2.23. The molecule has 0 aromatic carbocycles. The van der Waals surface area contributed by atoms with E-state index in [9.17, 15) is 25.5 Å². The number of aliphatic hydroxyl groups is 7. The predicted octanol–water partition coefficient (Wildman–Crippen LogP) is -4.09. The third kappa shape index (κ3) is 3.85. The zero-order chi connectivity index (χ0) is 15.4. The first kappa shape index (κ1) is 17.7. The number of rotatable bonds is 6. The van der Waals surface area contributed by atoms with E-state index in [4.69, 9.17) is 19.7 Å². The third-order valence-corrected chi connectivity index (χ3v) is 3.26. The highest BCUT2D eigenvalue weighted by atomic mass is 16.7.